The molecule has 2 heterocycles. The minimum Gasteiger partial charge on any atom is -0.507 e. The third kappa shape index (κ3) is 2.86. The van der Waals surface area contributed by atoms with Gasteiger partial charge in [-0.25, -0.2) is 4.39 Å². The smallest absolute Gasteiger partial charge is 0.286 e. The molecule has 0 bridgehead atoms. The van der Waals surface area contributed by atoms with Crippen LogP contribution in [0.25, 0.3) is 6.08 Å². The second kappa shape index (κ2) is 6.10. The fraction of sp³-hybridized carbons (Fsp3) is 0.333. The first-order valence-corrected chi connectivity index (χ1v) is 7.78. The van der Waals surface area contributed by atoms with Gasteiger partial charge < -0.3 is 15.1 Å². The number of hydrogen-bond donors (Lipinski definition) is 2. The van der Waals surface area contributed by atoms with Gasteiger partial charge in [0.05, 0.1) is 17.6 Å². The summed E-state index contributed by atoms with van der Waals surface area (Å²) in [6, 6.07) is 3.63. The van der Waals surface area contributed by atoms with Gasteiger partial charge in [-0.3, -0.25) is 4.79 Å². The monoisotopic (exact) mass is 322 g/mol. The molecule has 1 aromatic carbocycles. The number of likely N-dealkylation sites (tertiary alicyclic amines) is 1. The van der Waals surface area contributed by atoms with Gasteiger partial charge in [-0.1, -0.05) is 0 Å². The van der Waals surface area contributed by atoms with Crippen molar-refractivity contribution >= 4 is 28.9 Å². The lowest BCUT2D eigenvalue weighted by atomic mass is 10.2. The largest absolute Gasteiger partial charge is 0.507 e. The number of amidine groups is 1. The molecule has 0 spiro atoms. The first-order valence-electron chi connectivity index (χ1n) is 6.97. The number of phenols is 1. The molecule has 1 atom stereocenters. The summed E-state index contributed by atoms with van der Waals surface area (Å²) >= 11 is 1.21. The second-order valence-corrected chi connectivity index (χ2v) is 6.19. The number of amides is 1. The van der Waals surface area contributed by atoms with Crippen LogP contribution in [0.5, 0.6) is 5.75 Å². The topological polar surface area (TPSA) is 73.1 Å². The highest BCUT2D eigenvalue weighted by Gasteiger charge is 2.32. The highest BCUT2D eigenvalue weighted by molar-refractivity contribution is 8.18. The fourth-order valence-electron chi connectivity index (χ4n) is 2.58. The van der Waals surface area contributed by atoms with Crippen LogP contribution in [0.15, 0.2) is 28.1 Å². The average Bonchev–Trinajstić information content (AvgIpc) is 3.08. The number of halogens is 1. The van der Waals surface area contributed by atoms with E-state index in [9.17, 15) is 19.4 Å². The molecule has 1 fully saturated rings. The van der Waals surface area contributed by atoms with E-state index < -0.39 is 5.82 Å². The first-order chi connectivity index (χ1) is 10.6. The van der Waals surface area contributed by atoms with Gasteiger partial charge in [-0.15, -0.1) is 0 Å². The van der Waals surface area contributed by atoms with Crippen molar-refractivity contribution in [2.75, 3.05) is 13.2 Å². The molecule has 0 aromatic heterocycles. The fourth-order valence-corrected chi connectivity index (χ4v) is 3.58. The molecule has 0 unspecified atom stereocenters. The molecule has 1 aromatic rings. The van der Waals surface area contributed by atoms with Crippen molar-refractivity contribution in [2.45, 2.75) is 18.9 Å². The predicted molar refractivity (Wildman–Crippen MR) is 82.9 cm³/mol. The molecule has 0 aliphatic carbocycles. The van der Waals surface area contributed by atoms with E-state index in [0.29, 0.717) is 15.6 Å². The minimum absolute atomic E-state index is 0.00220. The van der Waals surface area contributed by atoms with Crippen LogP contribution in [0, 0.1) is 5.82 Å². The van der Waals surface area contributed by atoms with Crippen LogP contribution in [-0.2, 0) is 4.79 Å². The molecule has 0 radical (unpaired) electrons. The highest BCUT2D eigenvalue weighted by atomic mass is 32.2. The molecular formula is C15H15FN2O3S. The summed E-state index contributed by atoms with van der Waals surface area (Å²) in [5.74, 6) is -1.14. The Bertz CT molecular complexity index is 675. The van der Waals surface area contributed by atoms with E-state index >= 15 is 0 Å². The van der Waals surface area contributed by atoms with Gasteiger partial charge in [0.15, 0.2) is 5.17 Å². The normalized spacial score (nSPS) is 23.5. The number of phenolic OH excluding ortho intramolecular Hbond substituents is 1. The number of aliphatic imine (C=N–C) groups is 1. The van der Waals surface area contributed by atoms with Crippen LogP contribution in [0.3, 0.4) is 0 Å². The van der Waals surface area contributed by atoms with E-state index in [1.165, 1.54) is 30.0 Å². The molecule has 1 amide bonds. The highest BCUT2D eigenvalue weighted by Crippen LogP contribution is 2.34. The number of thioether (sulfide) groups is 1. The number of rotatable bonds is 2. The Kier molecular flexibility index (Phi) is 4.17. The summed E-state index contributed by atoms with van der Waals surface area (Å²) < 4.78 is 13.0. The van der Waals surface area contributed by atoms with Gasteiger partial charge in [0.25, 0.3) is 5.91 Å². The number of benzene rings is 1. The second-order valence-electron chi connectivity index (χ2n) is 5.19. The van der Waals surface area contributed by atoms with Crippen molar-refractivity contribution in [3.05, 3.63) is 34.5 Å². The molecule has 0 saturated carbocycles. The summed E-state index contributed by atoms with van der Waals surface area (Å²) in [5.41, 5.74) is 0.369. The van der Waals surface area contributed by atoms with E-state index in [1.54, 1.807) is 0 Å². The molecule has 2 N–H and O–H groups in total. The quantitative estimate of drug-likeness (QED) is 0.814. The van der Waals surface area contributed by atoms with Crippen LogP contribution in [-0.4, -0.2) is 45.4 Å². The summed E-state index contributed by atoms with van der Waals surface area (Å²) in [6.07, 6.45) is 3.33. The Labute approximate surface area is 131 Å². The molecule has 2 aliphatic heterocycles. The number of hydrogen-bond acceptors (Lipinski definition) is 5. The number of aromatic hydroxyl groups is 1. The zero-order chi connectivity index (χ0) is 15.7. The molecular weight excluding hydrogens is 307 g/mol. The standard InChI is InChI=1S/C15H15FN2O3S/c16-10-4-3-9(12(20)7-10)6-13-14(21)17-15(22-13)18-5-1-2-11(18)8-19/h3-4,6-7,11,19-20H,1-2,5,8H2/t11-/m1/s1. The maximum Gasteiger partial charge on any atom is 0.286 e. The molecule has 116 valence electrons. The van der Waals surface area contributed by atoms with Gasteiger partial charge >= 0.3 is 0 Å². The number of aliphatic hydroxyl groups is 1. The van der Waals surface area contributed by atoms with Crippen LogP contribution in [0.4, 0.5) is 4.39 Å². The van der Waals surface area contributed by atoms with Gasteiger partial charge in [0.2, 0.25) is 0 Å². The lowest BCUT2D eigenvalue weighted by Gasteiger charge is -2.23. The maximum atomic E-state index is 13.0. The number of nitrogens with zero attached hydrogens (tertiary/aromatic N) is 2. The van der Waals surface area contributed by atoms with Gasteiger partial charge in [0, 0.05) is 18.2 Å². The third-order valence-corrected chi connectivity index (χ3v) is 4.74. The first kappa shape index (κ1) is 15.1. The van der Waals surface area contributed by atoms with E-state index in [0.717, 1.165) is 25.5 Å². The lowest BCUT2D eigenvalue weighted by molar-refractivity contribution is -0.113. The van der Waals surface area contributed by atoms with E-state index in [-0.39, 0.29) is 24.3 Å². The Morgan fingerprint density at radius 2 is 2.32 bits per heavy atom. The van der Waals surface area contributed by atoms with Crippen molar-refractivity contribution < 1.29 is 19.4 Å². The van der Waals surface area contributed by atoms with Crippen LogP contribution in [0.2, 0.25) is 0 Å². The molecule has 2 aliphatic rings. The Balaban J connectivity index is 1.81. The third-order valence-electron chi connectivity index (χ3n) is 3.72. The Morgan fingerprint density at radius 3 is 3.05 bits per heavy atom. The Hall–Kier alpha value is -1.86. The van der Waals surface area contributed by atoms with Crippen LogP contribution in [0.1, 0.15) is 18.4 Å². The van der Waals surface area contributed by atoms with E-state index in [2.05, 4.69) is 4.99 Å². The predicted octanol–water partition coefficient (Wildman–Crippen LogP) is 1.96. The molecule has 7 heteroatoms. The Morgan fingerprint density at radius 1 is 1.50 bits per heavy atom. The summed E-state index contributed by atoms with van der Waals surface area (Å²) in [7, 11) is 0. The molecule has 22 heavy (non-hydrogen) atoms. The minimum atomic E-state index is -0.537. The summed E-state index contributed by atoms with van der Waals surface area (Å²) in [5, 5.41) is 19.6. The SMILES string of the molecule is O=C1N=C(N2CCC[C@@H]2CO)SC1=Cc1ccc(F)cc1O. The van der Waals surface area contributed by atoms with Gasteiger partial charge in [0.1, 0.15) is 11.6 Å². The van der Waals surface area contributed by atoms with E-state index in [4.69, 9.17) is 0 Å². The zero-order valence-corrected chi connectivity index (χ0v) is 12.5. The van der Waals surface area contributed by atoms with Crippen molar-refractivity contribution in [2.24, 2.45) is 4.99 Å². The average molecular weight is 322 g/mol. The zero-order valence-electron chi connectivity index (χ0n) is 11.7. The van der Waals surface area contributed by atoms with Gasteiger partial charge in [-0.2, -0.15) is 4.99 Å². The van der Waals surface area contributed by atoms with Crippen LogP contribution >= 0.6 is 11.8 Å². The summed E-state index contributed by atoms with van der Waals surface area (Å²) in [4.78, 5) is 18.3. The van der Waals surface area contributed by atoms with Crippen molar-refractivity contribution in [3.8, 4) is 5.75 Å². The molecule has 1 saturated heterocycles. The lowest BCUT2D eigenvalue weighted by Crippen LogP contribution is -2.35. The van der Waals surface area contributed by atoms with Crippen molar-refractivity contribution in [1.82, 2.24) is 4.90 Å². The summed E-state index contributed by atoms with van der Waals surface area (Å²) in [6.45, 7) is 0.797. The molecule has 3 rings (SSSR count). The van der Waals surface area contributed by atoms with Crippen molar-refractivity contribution in [3.63, 3.8) is 0 Å². The number of carbonyl (C=O) groups is 1. The van der Waals surface area contributed by atoms with Gasteiger partial charge in [-0.05, 0) is 42.8 Å². The van der Waals surface area contributed by atoms with E-state index in [1.807, 2.05) is 4.90 Å². The number of aliphatic hydroxyl groups excluding tert-OH is 1. The van der Waals surface area contributed by atoms with Crippen LogP contribution < -0.4 is 0 Å². The molecule has 5 nitrogen and oxygen atoms in total. The van der Waals surface area contributed by atoms with Crippen molar-refractivity contribution in [1.29, 1.82) is 0 Å². The number of carbonyl (C=O) groups excluding carboxylic acids is 1. The maximum absolute atomic E-state index is 13.0.